The van der Waals surface area contributed by atoms with Crippen molar-refractivity contribution in [3.8, 4) is 11.1 Å². The molecular weight excluding hydrogens is 390 g/mol. The first-order chi connectivity index (χ1) is 12.7. The summed E-state index contributed by atoms with van der Waals surface area (Å²) in [7, 11) is 0. The fourth-order valence-corrected chi connectivity index (χ4v) is 3.88. The van der Waals surface area contributed by atoms with Gasteiger partial charge < -0.3 is 10.1 Å². The highest BCUT2D eigenvalue weighted by molar-refractivity contribution is 9.10. The van der Waals surface area contributed by atoms with Crippen molar-refractivity contribution in [2.75, 3.05) is 6.61 Å². The molecule has 3 aromatic rings. The van der Waals surface area contributed by atoms with Gasteiger partial charge >= 0.3 is 6.09 Å². The summed E-state index contributed by atoms with van der Waals surface area (Å²) >= 11 is 3.48. The van der Waals surface area contributed by atoms with Crippen LogP contribution in [0.5, 0.6) is 0 Å². The van der Waals surface area contributed by atoms with Crippen molar-refractivity contribution in [2.45, 2.75) is 12.5 Å². The van der Waals surface area contributed by atoms with Gasteiger partial charge in [-0.1, -0.05) is 82.7 Å². The fourth-order valence-electron chi connectivity index (χ4n) is 3.46. The number of amides is 1. The summed E-state index contributed by atoms with van der Waals surface area (Å²) in [6.45, 7) is 0.758. The standard InChI is InChI=1S/C22H18BrNO2/c23-21-12-6-1-7-15(21)13-24-22(25)26-14-20-18-10-4-2-8-16(18)17-9-3-5-11-19(17)20/h1-12,20H,13-14H2,(H,24,25). The zero-order valence-corrected chi connectivity index (χ0v) is 15.7. The molecule has 0 spiro atoms. The lowest BCUT2D eigenvalue weighted by Crippen LogP contribution is -2.25. The van der Waals surface area contributed by atoms with Gasteiger partial charge in [0.1, 0.15) is 6.61 Å². The molecule has 0 bridgehead atoms. The van der Waals surface area contributed by atoms with Crippen molar-refractivity contribution < 1.29 is 9.53 Å². The minimum Gasteiger partial charge on any atom is -0.449 e. The van der Waals surface area contributed by atoms with E-state index in [4.69, 9.17) is 4.74 Å². The molecular formula is C22H18BrNO2. The summed E-state index contributed by atoms with van der Waals surface area (Å²) in [4.78, 5) is 12.2. The quantitative estimate of drug-likeness (QED) is 0.620. The molecule has 0 heterocycles. The molecule has 130 valence electrons. The molecule has 0 atom stereocenters. The number of carbonyl (C=O) groups excluding carboxylic acids is 1. The van der Waals surface area contributed by atoms with Crippen LogP contribution in [0, 0.1) is 0 Å². The second kappa shape index (κ2) is 7.34. The van der Waals surface area contributed by atoms with Gasteiger partial charge in [0.2, 0.25) is 0 Å². The maximum absolute atomic E-state index is 12.2. The molecule has 1 amide bonds. The van der Waals surface area contributed by atoms with Gasteiger partial charge in [-0.25, -0.2) is 4.79 Å². The van der Waals surface area contributed by atoms with Crippen LogP contribution in [-0.4, -0.2) is 12.7 Å². The Labute approximate surface area is 161 Å². The van der Waals surface area contributed by atoms with Crippen molar-refractivity contribution in [1.29, 1.82) is 0 Å². The molecule has 3 nitrogen and oxygen atoms in total. The average molecular weight is 408 g/mol. The first-order valence-corrected chi connectivity index (χ1v) is 9.35. The Balaban J connectivity index is 1.43. The lowest BCUT2D eigenvalue weighted by atomic mass is 9.98. The van der Waals surface area contributed by atoms with Crippen LogP contribution in [0.1, 0.15) is 22.6 Å². The zero-order chi connectivity index (χ0) is 17.9. The Morgan fingerprint density at radius 2 is 1.46 bits per heavy atom. The predicted octanol–water partition coefficient (Wildman–Crippen LogP) is 5.49. The maximum Gasteiger partial charge on any atom is 0.407 e. The molecule has 0 radical (unpaired) electrons. The zero-order valence-electron chi connectivity index (χ0n) is 14.1. The van der Waals surface area contributed by atoms with Crippen LogP contribution < -0.4 is 5.32 Å². The van der Waals surface area contributed by atoms with E-state index in [1.165, 1.54) is 22.3 Å². The van der Waals surface area contributed by atoms with Crippen LogP contribution in [0.4, 0.5) is 4.79 Å². The minimum atomic E-state index is -0.400. The molecule has 4 heteroatoms. The lowest BCUT2D eigenvalue weighted by Gasteiger charge is -2.14. The van der Waals surface area contributed by atoms with Gasteiger partial charge in [-0.2, -0.15) is 0 Å². The lowest BCUT2D eigenvalue weighted by molar-refractivity contribution is 0.142. The third-order valence-electron chi connectivity index (χ3n) is 4.72. The Morgan fingerprint density at radius 3 is 2.12 bits per heavy atom. The van der Waals surface area contributed by atoms with Crippen molar-refractivity contribution >= 4 is 22.0 Å². The molecule has 0 saturated carbocycles. The number of carbonyl (C=O) groups is 1. The Morgan fingerprint density at radius 1 is 0.885 bits per heavy atom. The highest BCUT2D eigenvalue weighted by Crippen LogP contribution is 2.44. The van der Waals surface area contributed by atoms with Crippen LogP contribution in [0.15, 0.2) is 77.3 Å². The van der Waals surface area contributed by atoms with Crippen LogP contribution >= 0.6 is 15.9 Å². The molecule has 0 unspecified atom stereocenters. The number of benzene rings is 3. The number of nitrogens with one attached hydrogen (secondary N) is 1. The summed E-state index contributed by atoms with van der Waals surface area (Å²) in [5.74, 6) is 0.0802. The summed E-state index contributed by atoms with van der Waals surface area (Å²) in [6.07, 6.45) is -0.400. The Hall–Kier alpha value is -2.59. The smallest absolute Gasteiger partial charge is 0.407 e. The van der Waals surface area contributed by atoms with E-state index >= 15 is 0 Å². The molecule has 0 aliphatic heterocycles. The number of fused-ring (bicyclic) bond motifs is 3. The number of halogens is 1. The van der Waals surface area contributed by atoms with Gasteiger partial charge in [-0.05, 0) is 33.9 Å². The molecule has 4 rings (SSSR count). The first-order valence-electron chi connectivity index (χ1n) is 8.56. The summed E-state index contributed by atoms with van der Waals surface area (Å²) in [5.41, 5.74) is 5.90. The number of ether oxygens (including phenoxy) is 1. The monoisotopic (exact) mass is 407 g/mol. The summed E-state index contributed by atoms with van der Waals surface area (Å²) in [5, 5.41) is 2.82. The number of hydrogen-bond acceptors (Lipinski definition) is 2. The van der Waals surface area contributed by atoms with Crippen molar-refractivity contribution in [3.05, 3.63) is 94.0 Å². The molecule has 1 N–H and O–H groups in total. The molecule has 1 aliphatic carbocycles. The number of hydrogen-bond donors (Lipinski definition) is 1. The van der Waals surface area contributed by atoms with Crippen LogP contribution in [0.25, 0.3) is 11.1 Å². The van der Waals surface area contributed by atoms with Gasteiger partial charge in [-0.3, -0.25) is 0 Å². The molecule has 26 heavy (non-hydrogen) atoms. The predicted molar refractivity (Wildman–Crippen MR) is 106 cm³/mol. The second-order valence-electron chi connectivity index (χ2n) is 6.27. The molecule has 3 aromatic carbocycles. The van der Waals surface area contributed by atoms with Crippen molar-refractivity contribution in [3.63, 3.8) is 0 Å². The molecule has 0 aromatic heterocycles. The van der Waals surface area contributed by atoms with E-state index in [1.54, 1.807) is 0 Å². The largest absolute Gasteiger partial charge is 0.449 e. The Bertz CT molecular complexity index is 909. The van der Waals surface area contributed by atoms with E-state index in [9.17, 15) is 4.79 Å². The van der Waals surface area contributed by atoms with Gasteiger partial charge in [0.05, 0.1) is 0 Å². The van der Waals surface area contributed by atoms with Crippen molar-refractivity contribution in [1.82, 2.24) is 5.32 Å². The third kappa shape index (κ3) is 3.25. The highest BCUT2D eigenvalue weighted by atomic mass is 79.9. The average Bonchev–Trinajstić information content (AvgIpc) is 3.00. The molecule has 1 aliphatic rings. The minimum absolute atomic E-state index is 0.0802. The van der Waals surface area contributed by atoms with Crippen LogP contribution in [0.3, 0.4) is 0 Å². The first kappa shape index (κ1) is 16.9. The number of rotatable bonds is 4. The SMILES string of the molecule is O=C(NCc1ccccc1Br)OCC1c2ccccc2-c2ccccc21. The van der Waals surface area contributed by atoms with E-state index in [2.05, 4.69) is 45.5 Å². The van der Waals surface area contributed by atoms with E-state index in [0.717, 1.165) is 10.0 Å². The van der Waals surface area contributed by atoms with Crippen molar-refractivity contribution in [2.24, 2.45) is 0 Å². The van der Waals surface area contributed by atoms with Gasteiger partial charge in [0.15, 0.2) is 0 Å². The second-order valence-corrected chi connectivity index (χ2v) is 7.12. The van der Waals surface area contributed by atoms with Gasteiger partial charge in [-0.15, -0.1) is 0 Å². The van der Waals surface area contributed by atoms with E-state index in [1.807, 2.05) is 48.5 Å². The number of alkyl carbamates (subject to hydrolysis) is 1. The Kier molecular flexibility index (Phi) is 4.76. The van der Waals surface area contributed by atoms with E-state index in [-0.39, 0.29) is 5.92 Å². The topological polar surface area (TPSA) is 38.3 Å². The normalized spacial score (nSPS) is 12.3. The van der Waals surface area contributed by atoms with Crippen LogP contribution in [0.2, 0.25) is 0 Å². The van der Waals surface area contributed by atoms with E-state index < -0.39 is 6.09 Å². The van der Waals surface area contributed by atoms with Crippen LogP contribution in [-0.2, 0) is 11.3 Å². The summed E-state index contributed by atoms with van der Waals surface area (Å²) < 4.78 is 6.51. The highest BCUT2D eigenvalue weighted by Gasteiger charge is 2.28. The maximum atomic E-state index is 12.2. The molecule has 0 fully saturated rings. The molecule has 0 saturated heterocycles. The van der Waals surface area contributed by atoms with Gasteiger partial charge in [0.25, 0.3) is 0 Å². The third-order valence-corrected chi connectivity index (χ3v) is 5.50. The van der Waals surface area contributed by atoms with E-state index in [0.29, 0.717) is 13.2 Å². The summed E-state index contributed by atoms with van der Waals surface area (Å²) in [6, 6.07) is 24.4. The van der Waals surface area contributed by atoms with Gasteiger partial charge in [0, 0.05) is 16.9 Å². The fraction of sp³-hybridized carbons (Fsp3) is 0.136.